The number of benzene rings is 1. The van der Waals surface area contributed by atoms with Crippen LogP contribution in [-0.4, -0.2) is 51.8 Å². The van der Waals surface area contributed by atoms with E-state index in [-0.39, 0.29) is 10.5 Å². The van der Waals surface area contributed by atoms with Gasteiger partial charge in [-0.15, -0.1) is 11.3 Å². The first kappa shape index (κ1) is 20.1. The topological polar surface area (TPSA) is 92.8 Å². The molecule has 0 aliphatic heterocycles. The van der Waals surface area contributed by atoms with E-state index in [9.17, 15) is 18.0 Å². The van der Waals surface area contributed by atoms with Crippen molar-refractivity contribution in [3.05, 3.63) is 52.2 Å². The third-order valence-corrected chi connectivity index (χ3v) is 6.20. The van der Waals surface area contributed by atoms with E-state index in [0.717, 1.165) is 9.18 Å². The normalized spacial score (nSPS) is 11.3. The monoisotopic (exact) mass is 396 g/mol. The molecule has 0 spiro atoms. The summed E-state index contributed by atoms with van der Waals surface area (Å²) in [6, 6.07) is 9.43. The molecular formula is C17H20N2O5S2. The standard InChI is InChI=1S/C17H20N2O5S2/c1-19(2)26(22,23)15-7-3-5-13(11-15)17(21)24-12-16(20)18-9-8-14-6-4-10-25-14/h3-7,10-11H,8-9,12H2,1-2H3,(H,18,20). The maximum atomic E-state index is 12.1. The van der Waals surface area contributed by atoms with Crippen LogP contribution in [0.2, 0.25) is 0 Å². The van der Waals surface area contributed by atoms with Crippen LogP contribution in [-0.2, 0) is 26.0 Å². The van der Waals surface area contributed by atoms with Crippen molar-refractivity contribution >= 4 is 33.2 Å². The van der Waals surface area contributed by atoms with Crippen molar-refractivity contribution in [2.45, 2.75) is 11.3 Å². The van der Waals surface area contributed by atoms with Gasteiger partial charge >= 0.3 is 5.97 Å². The lowest BCUT2D eigenvalue weighted by Crippen LogP contribution is -2.30. The molecule has 0 saturated heterocycles. The molecule has 0 unspecified atom stereocenters. The van der Waals surface area contributed by atoms with E-state index >= 15 is 0 Å². The van der Waals surface area contributed by atoms with E-state index in [4.69, 9.17) is 4.74 Å². The van der Waals surface area contributed by atoms with Gasteiger partial charge < -0.3 is 10.1 Å². The van der Waals surface area contributed by atoms with E-state index in [2.05, 4.69) is 5.32 Å². The number of hydrogen-bond acceptors (Lipinski definition) is 6. The second kappa shape index (κ2) is 8.93. The van der Waals surface area contributed by atoms with E-state index in [1.807, 2.05) is 17.5 Å². The van der Waals surface area contributed by atoms with E-state index < -0.39 is 28.5 Å². The lowest BCUT2D eigenvalue weighted by molar-refractivity contribution is -0.124. The SMILES string of the molecule is CN(C)S(=O)(=O)c1cccc(C(=O)OCC(=O)NCCc2cccs2)c1. The van der Waals surface area contributed by atoms with Crippen LogP contribution in [0.5, 0.6) is 0 Å². The summed E-state index contributed by atoms with van der Waals surface area (Å²) in [5.41, 5.74) is 0.0688. The van der Waals surface area contributed by atoms with Gasteiger partial charge in [0.15, 0.2) is 6.61 Å². The number of ether oxygens (including phenoxy) is 1. The molecular weight excluding hydrogens is 376 g/mol. The number of rotatable bonds is 8. The Labute approximate surface area is 156 Å². The lowest BCUT2D eigenvalue weighted by Gasteiger charge is -2.12. The first-order valence-electron chi connectivity index (χ1n) is 7.79. The van der Waals surface area contributed by atoms with E-state index in [1.165, 1.54) is 38.4 Å². The molecule has 2 aromatic rings. The van der Waals surface area contributed by atoms with Crippen molar-refractivity contribution in [2.75, 3.05) is 27.2 Å². The van der Waals surface area contributed by atoms with Crippen LogP contribution in [0.3, 0.4) is 0 Å². The molecule has 1 heterocycles. The molecule has 7 nitrogen and oxygen atoms in total. The Hall–Kier alpha value is -2.23. The fraction of sp³-hybridized carbons (Fsp3) is 0.294. The first-order valence-corrected chi connectivity index (χ1v) is 10.1. The minimum Gasteiger partial charge on any atom is -0.452 e. The lowest BCUT2D eigenvalue weighted by atomic mass is 10.2. The largest absolute Gasteiger partial charge is 0.452 e. The number of thiophene rings is 1. The number of nitrogens with zero attached hydrogens (tertiary/aromatic N) is 1. The molecule has 0 saturated carbocycles. The zero-order chi connectivity index (χ0) is 19.2. The molecule has 9 heteroatoms. The summed E-state index contributed by atoms with van der Waals surface area (Å²) in [6.45, 7) is 0.0292. The molecule has 140 valence electrons. The number of esters is 1. The summed E-state index contributed by atoms with van der Waals surface area (Å²) in [5, 5.41) is 4.63. The molecule has 26 heavy (non-hydrogen) atoms. The number of hydrogen-bond donors (Lipinski definition) is 1. The second-order valence-corrected chi connectivity index (χ2v) is 8.75. The van der Waals surface area contributed by atoms with Crippen LogP contribution >= 0.6 is 11.3 Å². The Morgan fingerprint density at radius 3 is 2.62 bits per heavy atom. The first-order chi connectivity index (χ1) is 12.3. The summed E-state index contributed by atoms with van der Waals surface area (Å²) in [4.78, 5) is 24.9. The quantitative estimate of drug-likeness (QED) is 0.683. The van der Waals surface area contributed by atoms with Crippen LogP contribution in [0.4, 0.5) is 0 Å². The highest BCUT2D eigenvalue weighted by Crippen LogP contribution is 2.15. The summed E-state index contributed by atoms with van der Waals surface area (Å²) >= 11 is 1.61. The molecule has 1 aromatic carbocycles. The zero-order valence-corrected chi connectivity index (χ0v) is 16.1. The Bertz CT molecular complexity index is 861. The van der Waals surface area contributed by atoms with Gasteiger partial charge in [0, 0.05) is 25.5 Å². The maximum Gasteiger partial charge on any atom is 0.338 e. The predicted molar refractivity (Wildman–Crippen MR) is 98.6 cm³/mol. The zero-order valence-electron chi connectivity index (χ0n) is 14.5. The van der Waals surface area contributed by atoms with Crippen molar-refractivity contribution in [1.29, 1.82) is 0 Å². The Balaban J connectivity index is 1.86. The van der Waals surface area contributed by atoms with Crippen molar-refractivity contribution < 1.29 is 22.7 Å². The summed E-state index contributed by atoms with van der Waals surface area (Å²) in [6.07, 6.45) is 0.710. The van der Waals surface area contributed by atoms with Crippen molar-refractivity contribution in [1.82, 2.24) is 9.62 Å². The fourth-order valence-electron chi connectivity index (χ4n) is 2.04. The fourth-order valence-corrected chi connectivity index (χ4v) is 3.70. The number of sulfonamides is 1. The number of carbonyl (C=O) groups is 2. The Kier molecular flexibility index (Phi) is 6.90. The molecule has 0 aliphatic carbocycles. The smallest absolute Gasteiger partial charge is 0.338 e. The summed E-state index contributed by atoms with van der Waals surface area (Å²) in [7, 11) is -0.843. The van der Waals surface area contributed by atoms with Crippen LogP contribution in [0, 0.1) is 0 Å². The molecule has 0 radical (unpaired) electrons. The van der Waals surface area contributed by atoms with Crippen LogP contribution in [0.15, 0.2) is 46.7 Å². The van der Waals surface area contributed by atoms with Crippen LogP contribution in [0.1, 0.15) is 15.2 Å². The van der Waals surface area contributed by atoms with Crippen LogP contribution < -0.4 is 5.32 Å². The van der Waals surface area contributed by atoms with Gasteiger partial charge in [-0.25, -0.2) is 17.5 Å². The van der Waals surface area contributed by atoms with Gasteiger partial charge in [0.25, 0.3) is 5.91 Å². The number of amides is 1. The van der Waals surface area contributed by atoms with Crippen molar-refractivity contribution in [2.24, 2.45) is 0 Å². The molecule has 0 atom stereocenters. The predicted octanol–water partition coefficient (Wildman–Crippen LogP) is 1.51. The average molecular weight is 396 g/mol. The Morgan fingerprint density at radius 2 is 1.96 bits per heavy atom. The number of nitrogens with one attached hydrogen (secondary N) is 1. The van der Waals surface area contributed by atoms with Gasteiger partial charge in [-0.3, -0.25) is 4.79 Å². The molecule has 2 rings (SSSR count). The minimum absolute atomic E-state index is 0.0163. The average Bonchev–Trinajstić information content (AvgIpc) is 3.13. The van der Waals surface area contributed by atoms with E-state index in [1.54, 1.807) is 11.3 Å². The van der Waals surface area contributed by atoms with Gasteiger partial charge in [-0.2, -0.15) is 0 Å². The molecule has 0 fully saturated rings. The molecule has 0 aliphatic rings. The van der Waals surface area contributed by atoms with Crippen LogP contribution in [0.25, 0.3) is 0 Å². The highest BCUT2D eigenvalue weighted by atomic mass is 32.2. The highest BCUT2D eigenvalue weighted by molar-refractivity contribution is 7.89. The maximum absolute atomic E-state index is 12.1. The van der Waals surface area contributed by atoms with E-state index in [0.29, 0.717) is 13.0 Å². The second-order valence-electron chi connectivity index (χ2n) is 5.57. The van der Waals surface area contributed by atoms with Crippen molar-refractivity contribution in [3.63, 3.8) is 0 Å². The molecule has 0 bridgehead atoms. The molecule has 1 amide bonds. The number of carbonyl (C=O) groups excluding carboxylic acids is 2. The van der Waals surface area contributed by atoms with Gasteiger partial charge in [0.2, 0.25) is 10.0 Å². The molecule has 1 N–H and O–H groups in total. The molecule has 1 aromatic heterocycles. The summed E-state index contributed by atoms with van der Waals surface area (Å²) < 4.78 is 30.2. The van der Waals surface area contributed by atoms with Gasteiger partial charge in [-0.1, -0.05) is 12.1 Å². The highest BCUT2D eigenvalue weighted by Gasteiger charge is 2.19. The third kappa shape index (κ3) is 5.38. The minimum atomic E-state index is -3.65. The summed E-state index contributed by atoms with van der Waals surface area (Å²) in [5.74, 6) is -1.17. The van der Waals surface area contributed by atoms with Gasteiger partial charge in [0.1, 0.15) is 0 Å². The van der Waals surface area contributed by atoms with Gasteiger partial charge in [-0.05, 0) is 36.1 Å². The Morgan fingerprint density at radius 1 is 1.19 bits per heavy atom. The van der Waals surface area contributed by atoms with Gasteiger partial charge in [0.05, 0.1) is 10.5 Å². The van der Waals surface area contributed by atoms with Crippen molar-refractivity contribution in [3.8, 4) is 0 Å². The third-order valence-electron chi connectivity index (χ3n) is 3.46.